The van der Waals surface area contributed by atoms with Crippen LogP contribution < -0.4 is 10.5 Å². The summed E-state index contributed by atoms with van der Waals surface area (Å²) in [6.45, 7) is 9.07. The first-order chi connectivity index (χ1) is 17.5. The van der Waals surface area contributed by atoms with Gasteiger partial charge >= 0.3 is 12.1 Å². The van der Waals surface area contributed by atoms with Gasteiger partial charge in [-0.2, -0.15) is 0 Å². The molecule has 198 valence electrons. The Morgan fingerprint density at radius 1 is 1.11 bits per heavy atom. The van der Waals surface area contributed by atoms with Gasteiger partial charge in [0.1, 0.15) is 11.4 Å². The van der Waals surface area contributed by atoms with E-state index in [9.17, 15) is 9.59 Å². The number of rotatable bonds is 5. The van der Waals surface area contributed by atoms with Crippen molar-refractivity contribution in [2.45, 2.75) is 65.1 Å². The highest BCUT2D eigenvalue weighted by atomic mass is 16.6. The van der Waals surface area contributed by atoms with Gasteiger partial charge in [0.05, 0.1) is 25.3 Å². The largest absolute Gasteiger partial charge is 0.496 e. The van der Waals surface area contributed by atoms with Crippen molar-refractivity contribution in [3.63, 3.8) is 0 Å². The summed E-state index contributed by atoms with van der Waals surface area (Å²) in [6.07, 6.45) is 4.49. The van der Waals surface area contributed by atoms with Gasteiger partial charge in [-0.05, 0) is 82.5 Å². The Labute approximate surface area is 218 Å². The van der Waals surface area contributed by atoms with Crippen molar-refractivity contribution in [2.75, 3.05) is 26.5 Å². The fourth-order valence-corrected chi connectivity index (χ4v) is 5.23. The molecule has 2 N–H and O–H groups in total. The molecule has 1 saturated heterocycles. The number of hydrogen-bond donors (Lipinski definition) is 1. The van der Waals surface area contributed by atoms with Crippen LogP contribution >= 0.6 is 0 Å². The number of carbonyl (C=O) groups excluding carboxylic acids is 2. The van der Waals surface area contributed by atoms with Crippen molar-refractivity contribution >= 4 is 28.7 Å². The molecule has 8 heteroatoms. The SMILES string of the molecule is COC(=O)c1ccc(C2CCCCN2Cc2c(OC)cc(C)c3c2ccn3C(=O)OC(C)(C)C)c(N)c1. The number of methoxy groups -OCH3 is 2. The summed E-state index contributed by atoms with van der Waals surface area (Å²) in [4.78, 5) is 27.3. The molecule has 1 unspecified atom stereocenters. The fourth-order valence-electron chi connectivity index (χ4n) is 5.23. The first-order valence-electron chi connectivity index (χ1n) is 12.7. The van der Waals surface area contributed by atoms with Gasteiger partial charge in [0.25, 0.3) is 0 Å². The number of benzene rings is 2. The number of aromatic nitrogens is 1. The lowest BCUT2D eigenvalue weighted by Crippen LogP contribution is -2.33. The summed E-state index contributed by atoms with van der Waals surface area (Å²) < 4.78 is 17.9. The molecule has 2 aromatic carbocycles. The van der Waals surface area contributed by atoms with E-state index in [1.165, 1.54) is 7.11 Å². The number of fused-ring (bicyclic) bond motifs is 1. The van der Waals surface area contributed by atoms with E-state index in [0.717, 1.165) is 59.2 Å². The van der Waals surface area contributed by atoms with Crippen LogP contribution in [0, 0.1) is 6.92 Å². The number of piperidine rings is 1. The summed E-state index contributed by atoms with van der Waals surface area (Å²) in [5.74, 6) is 0.380. The average molecular weight is 508 g/mol. The maximum absolute atomic E-state index is 13.0. The van der Waals surface area contributed by atoms with Gasteiger partial charge in [0, 0.05) is 35.4 Å². The predicted octanol–water partition coefficient (Wildman–Crippen LogP) is 5.84. The van der Waals surface area contributed by atoms with Crippen LogP contribution in [0.1, 0.15) is 73.1 Å². The van der Waals surface area contributed by atoms with Gasteiger partial charge < -0.3 is 19.9 Å². The van der Waals surface area contributed by atoms with Gasteiger partial charge in [-0.3, -0.25) is 9.47 Å². The number of ether oxygens (including phenoxy) is 3. The molecule has 0 amide bonds. The van der Waals surface area contributed by atoms with Crippen molar-refractivity contribution in [2.24, 2.45) is 0 Å². The number of esters is 1. The lowest BCUT2D eigenvalue weighted by Gasteiger charge is -2.37. The second-order valence-electron chi connectivity index (χ2n) is 10.6. The zero-order valence-corrected chi connectivity index (χ0v) is 22.6. The van der Waals surface area contributed by atoms with Gasteiger partial charge in [-0.25, -0.2) is 9.59 Å². The molecule has 3 aromatic rings. The quantitative estimate of drug-likeness (QED) is 0.342. The molecule has 2 heterocycles. The van der Waals surface area contributed by atoms with E-state index in [4.69, 9.17) is 19.9 Å². The van der Waals surface area contributed by atoms with Crippen molar-refractivity contribution < 1.29 is 23.8 Å². The molecule has 1 aromatic heterocycles. The molecule has 1 fully saturated rings. The van der Waals surface area contributed by atoms with Gasteiger partial charge in [-0.15, -0.1) is 0 Å². The van der Waals surface area contributed by atoms with Crippen LogP contribution in [0.3, 0.4) is 0 Å². The maximum Gasteiger partial charge on any atom is 0.419 e. The Bertz CT molecular complexity index is 1320. The molecule has 1 aliphatic heterocycles. The Morgan fingerprint density at radius 2 is 1.86 bits per heavy atom. The summed E-state index contributed by atoms with van der Waals surface area (Å²) in [7, 11) is 3.04. The van der Waals surface area contributed by atoms with Crippen LogP contribution in [0.4, 0.5) is 10.5 Å². The fraction of sp³-hybridized carbons (Fsp3) is 0.448. The van der Waals surface area contributed by atoms with E-state index >= 15 is 0 Å². The third-order valence-corrected chi connectivity index (χ3v) is 6.88. The van der Waals surface area contributed by atoms with Crippen LogP contribution in [0.5, 0.6) is 5.75 Å². The lowest BCUT2D eigenvalue weighted by atomic mass is 9.92. The molecule has 0 radical (unpaired) electrons. The second-order valence-corrected chi connectivity index (χ2v) is 10.6. The smallest absolute Gasteiger partial charge is 0.419 e. The maximum atomic E-state index is 13.0. The minimum absolute atomic E-state index is 0.0921. The Morgan fingerprint density at radius 3 is 2.51 bits per heavy atom. The zero-order chi connectivity index (χ0) is 26.9. The molecule has 0 aliphatic carbocycles. The van der Waals surface area contributed by atoms with Gasteiger partial charge in [0.2, 0.25) is 0 Å². The third-order valence-electron chi connectivity index (χ3n) is 6.88. The molecule has 0 bridgehead atoms. The molecule has 1 aliphatic rings. The molecule has 4 rings (SSSR count). The van der Waals surface area contributed by atoms with Crippen LogP contribution in [0.2, 0.25) is 0 Å². The van der Waals surface area contributed by atoms with Crippen LogP contribution in [-0.4, -0.2) is 47.9 Å². The van der Waals surface area contributed by atoms with E-state index in [2.05, 4.69) is 4.90 Å². The van der Waals surface area contributed by atoms with Crippen molar-refractivity contribution in [1.29, 1.82) is 0 Å². The molecule has 0 saturated carbocycles. The number of nitrogen functional groups attached to an aromatic ring is 1. The first-order valence-corrected chi connectivity index (χ1v) is 12.7. The van der Waals surface area contributed by atoms with Gasteiger partial charge in [0.15, 0.2) is 0 Å². The van der Waals surface area contributed by atoms with E-state index in [1.807, 2.05) is 45.9 Å². The van der Waals surface area contributed by atoms with Gasteiger partial charge in [-0.1, -0.05) is 12.5 Å². The van der Waals surface area contributed by atoms with Crippen molar-refractivity contribution in [3.05, 3.63) is 58.8 Å². The summed E-state index contributed by atoms with van der Waals surface area (Å²) in [5.41, 5.74) is 10.6. The number of anilines is 1. The molecule has 8 nitrogen and oxygen atoms in total. The molecule has 1 atom stereocenters. The number of likely N-dealkylation sites (tertiary alicyclic amines) is 1. The minimum Gasteiger partial charge on any atom is -0.496 e. The van der Waals surface area contributed by atoms with Crippen LogP contribution in [-0.2, 0) is 16.0 Å². The highest BCUT2D eigenvalue weighted by Gasteiger charge is 2.29. The molecular weight excluding hydrogens is 470 g/mol. The Kier molecular flexibility index (Phi) is 7.50. The number of nitrogens with zero attached hydrogens (tertiary/aromatic N) is 2. The standard InChI is InChI=1S/C29H37N3O5/c1-18-15-25(35-5)22(20-12-14-32(26(18)20)28(34)37-29(2,3)4)17-31-13-8-7-9-24(31)21-11-10-19(16-23(21)30)27(33)36-6/h10-12,14-16,24H,7-9,13,17,30H2,1-6H3. The molecular formula is C29H37N3O5. The molecule has 0 spiro atoms. The van der Waals surface area contributed by atoms with E-state index in [-0.39, 0.29) is 6.04 Å². The van der Waals surface area contributed by atoms with Crippen molar-refractivity contribution in [3.8, 4) is 5.75 Å². The van der Waals surface area contributed by atoms with Crippen LogP contribution in [0.15, 0.2) is 36.5 Å². The second kappa shape index (κ2) is 10.5. The van der Waals surface area contributed by atoms with E-state index in [1.54, 1.807) is 30.0 Å². The third kappa shape index (κ3) is 5.44. The van der Waals surface area contributed by atoms with Crippen LogP contribution in [0.25, 0.3) is 10.9 Å². The summed E-state index contributed by atoms with van der Waals surface area (Å²) in [5, 5.41) is 0.959. The minimum atomic E-state index is -0.596. The number of hydrogen-bond acceptors (Lipinski definition) is 7. The highest BCUT2D eigenvalue weighted by molar-refractivity contribution is 5.95. The lowest BCUT2D eigenvalue weighted by molar-refractivity contribution is 0.0542. The average Bonchev–Trinajstić information content (AvgIpc) is 3.31. The van der Waals surface area contributed by atoms with Crippen molar-refractivity contribution in [1.82, 2.24) is 9.47 Å². The Balaban J connectivity index is 1.73. The molecule has 37 heavy (non-hydrogen) atoms. The normalized spacial score (nSPS) is 16.5. The highest BCUT2D eigenvalue weighted by Crippen LogP contribution is 2.39. The first kappa shape index (κ1) is 26.5. The number of aryl methyl sites for hydroxylation is 1. The monoisotopic (exact) mass is 507 g/mol. The summed E-state index contributed by atoms with van der Waals surface area (Å²) >= 11 is 0. The topological polar surface area (TPSA) is 96.0 Å². The number of nitrogens with two attached hydrogens (primary N) is 1. The predicted molar refractivity (Wildman–Crippen MR) is 144 cm³/mol. The Hall–Kier alpha value is -3.52. The zero-order valence-electron chi connectivity index (χ0n) is 22.6. The van der Waals surface area contributed by atoms with E-state index in [0.29, 0.717) is 17.8 Å². The number of carbonyl (C=O) groups is 2. The van der Waals surface area contributed by atoms with E-state index < -0.39 is 17.7 Å². The summed E-state index contributed by atoms with van der Waals surface area (Å²) in [6, 6.07) is 9.44.